The van der Waals surface area contributed by atoms with Crippen molar-refractivity contribution in [3.05, 3.63) is 68.5 Å². The van der Waals surface area contributed by atoms with E-state index >= 15 is 0 Å². The zero-order chi connectivity index (χ0) is 22.9. The van der Waals surface area contributed by atoms with E-state index < -0.39 is 0 Å². The van der Waals surface area contributed by atoms with Gasteiger partial charge in [0.15, 0.2) is 0 Å². The first kappa shape index (κ1) is 22.8. The molecule has 0 bridgehead atoms. The van der Waals surface area contributed by atoms with Crippen LogP contribution in [0.15, 0.2) is 40.5 Å². The normalized spacial score (nSPS) is 21.4. The molecule has 1 atom stereocenters. The Morgan fingerprint density at radius 1 is 1.09 bits per heavy atom. The van der Waals surface area contributed by atoms with Crippen LogP contribution in [-0.2, 0) is 17.6 Å². The molecule has 1 aromatic carbocycles. The number of carbonyl (C=O) groups excluding carboxylic acids is 1. The molecule has 0 spiro atoms. The molecule has 1 aliphatic carbocycles. The van der Waals surface area contributed by atoms with Crippen LogP contribution >= 0.6 is 15.9 Å². The van der Waals surface area contributed by atoms with Crippen molar-refractivity contribution in [2.24, 2.45) is 5.92 Å². The van der Waals surface area contributed by atoms with E-state index in [1.807, 2.05) is 6.20 Å². The average Bonchev–Trinajstić information content (AvgIpc) is 2.95. The molecule has 2 fully saturated rings. The fourth-order valence-corrected chi connectivity index (χ4v) is 6.30. The smallest absolute Gasteiger partial charge is 0.222 e. The Labute approximate surface area is 206 Å². The van der Waals surface area contributed by atoms with Crippen molar-refractivity contribution in [1.29, 1.82) is 0 Å². The highest BCUT2D eigenvalue weighted by Gasteiger charge is 2.28. The van der Waals surface area contributed by atoms with Crippen molar-refractivity contribution in [2.75, 3.05) is 33.2 Å². The van der Waals surface area contributed by atoms with Crippen LogP contribution in [0.5, 0.6) is 0 Å². The van der Waals surface area contributed by atoms with Gasteiger partial charge in [0.1, 0.15) is 0 Å². The number of fused-ring (bicyclic) bond motifs is 2. The largest absolute Gasteiger partial charge is 0.342 e. The van der Waals surface area contributed by atoms with E-state index in [4.69, 9.17) is 4.98 Å². The van der Waals surface area contributed by atoms with Crippen LogP contribution in [0.25, 0.3) is 5.57 Å². The minimum atomic E-state index is 0.346. The summed E-state index contributed by atoms with van der Waals surface area (Å²) in [5.41, 5.74) is 9.32. The molecule has 2 saturated heterocycles. The summed E-state index contributed by atoms with van der Waals surface area (Å²) in [5, 5.41) is 0. The van der Waals surface area contributed by atoms with Gasteiger partial charge in [0.05, 0.1) is 5.69 Å². The number of aromatic nitrogens is 1. The van der Waals surface area contributed by atoms with Crippen LogP contribution in [0.1, 0.15) is 60.1 Å². The number of nitrogens with zero attached hydrogens (tertiary/aromatic N) is 3. The number of likely N-dealkylation sites (tertiary alicyclic amines) is 2. The summed E-state index contributed by atoms with van der Waals surface area (Å²) in [6.45, 7) is 6.05. The molecule has 2 aliphatic heterocycles. The molecule has 0 radical (unpaired) electrons. The molecule has 33 heavy (non-hydrogen) atoms. The second-order valence-electron chi connectivity index (χ2n) is 10.2. The predicted octanol–water partition coefficient (Wildman–Crippen LogP) is 5.41. The lowest BCUT2D eigenvalue weighted by atomic mass is 9.87. The highest BCUT2D eigenvalue weighted by molar-refractivity contribution is 9.10. The Hall–Kier alpha value is -1.98. The highest BCUT2D eigenvalue weighted by Crippen LogP contribution is 2.38. The van der Waals surface area contributed by atoms with Gasteiger partial charge in [-0.2, -0.15) is 0 Å². The molecule has 3 aliphatic rings. The Morgan fingerprint density at radius 3 is 2.67 bits per heavy atom. The monoisotopic (exact) mass is 507 g/mol. The van der Waals surface area contributed by atoms with Gasteiger partial charge in [-0.05, 0) is 104 Å². The van der Waals surface area contributed by atoms with Crippen LogP contribution in [0.3, 0.4) is 0 Å². The van der Waals surface area contributed by atoms with Crippen molar-refractivity contribution in [1.82, 2.24) is 14.8 Å². The van der Waals surface area contributed by atoms with E-state index in [1.54, 1.807) is 0 Å². The lowest BCUT2D eigenvalue weighted by Gasteiger charge is -2.34. The predicted molar refractivity (Wildman–Crippen MR) is 137 cm³/mol. The second kappa shape index (κ2) is 9.71. The first-order valence-electron chi connectivity index (χ1n) is 12.4. The maximum absolute atomic E-state index is 13.1. The van der Waals surface area contributed by atoms with Gasteiger partial charge in [0.2, 0.25) is 5.91 Å². The Balaban J connectivity index is 1.40. The fourth-order valence-electron chi connectivity index (χ4n) is 5.92. The number of aryl methyl sites for hydroxylation is 3. The maximum Gasteiger partial charge on any atom is 0.222 e. The first-order valence-corrected chi connectivity index (χ1v) is 13.2. The summed E-state index contributed by atoms with van der Waals surface area (Å²) in [5.74, 6) is 0.862. The number of carbonyl (C=O) groups is 1. The van der Waals surface area contributed by atoms with E-state index in [1.165, 1.54) is 52.8 Å². The number of amides is 1. The maximum atomic E-state index is 13.1. The number of hydrogen-bond acceptors (Lipinski definition) is 3. The summed E-state index contributed by atoms with van der Waals surface area (Å²) in [6, 6.07) is 9.10. The highest BCUT2D eigenvalue weighted by atomic mass is 79.9. The van der Waals surface area contributed by atoms with Crippen molar-refractivity contribution >= 4 is 27.4 Å². The Kier molecular flexibility index (Phi) is 6.71. The summed E-state index contributed by atoms with van der Waals surface area (Å²) in [7, 11) is 2.17. The van der Waals surface area contributed by atoms with Gasteiger partial charge < -0.3 is 9.80 Å². The van der Waals surface area contributed by atoms with E-state index in [0.29, 0.717) is 18.2 Å². The molecule has 1 unspecified atom stereocenters. The number of piperidine rings is 2. The van der Waals surface area contributed by atoms with E-state index in [-0.39, 0.29) is 0 Å². The summed E-state index contributed by atoms with van der Waals surface area (Å²) >= 11 is 3.62. The molecule has 1 aromatic heterocycles. The van der Waals surface area contributed by atoms with Crippen LogP contribution in [0, 0.1) is 12.8 Å². The lowest BCUT2D eigenvalue weighted by molar-refractivity contribution is -0.133. The number of benzene rings is 1. The molecular weight excluding hydrogens is 474 g/mol. The number of rotatable bonds is 2. The Morgan fingerprint density at radius 2 is 1.88 bits per heavy atom. The van der Waals surface area contributed by atoms with Crippen LogP contribution in [0.4, 0.5) is 0 Å². The molecule has 3 heterocycles. The van der Waals surface area contributed by atoms with Crippen LogP contribution in [-0.4, -0.2) is 53.9 Å². The van der Waals surface area contributed by atoms with Crippen molar-refractivity contribution < 1.29 is 4.79 Å². The molecule has 5 heteroatoms. The van der Waals surface area contributed by atoms with Gasteiger partial charge in [0, 0.05) is 42.3 Å². The van der Waals surface area contributed by atoms with Gasteiger partial charge in [-0.1, -0.05) is 29.3 Å². The van der Waals surface area contributed by atoms with E-state index in [9.17, 15) is 4.79 Å². The van der Waals surface area contributed by atoms with Crippen LogP contribution < -0.4 is 0 Å². The quantitative estimate of drug-likeness (QED) is 0.545. The zero-order valence-electron chi connectivity index (χ0n) is 19.9. The topological polar surface area (TPSA) is 36.4 Å². The summed E-state index contributed by atoms with van der Waals surface area (Å²) in [6.07, 6.45) is 8.97. The van der Waals surface area contributed by atoms with Gasteiger partial charge in [-0.25, -0.2) is 0 Å². The molecule has 4 nitrogen and oxygen atoms in total. The molecular formula is C28H34BrN3O. The standard InChI is InChI=1S/C28H34BrN3O/c1-19-5-8-25-22(14-19)6-7-23-16-24(29)17-30-28(23)27(25)21-9-12-32(13-10-21)26(33)15-20-4-3-11-31(2)18-20/h5,8,14,16-17,20H,3-4,6-7,9-13,15,18H2,1-2H3. The van der Waals surface area contributed by atoms with E-state index in [2.05, 4.69) is 64.0 Å². The SMILES string of the molecule is Cc1ccc2c(c1)CCc1cc(Br)cnc1C2=C1CCN(C(=O)CC2CCCN(C)C2)CC1. The fraction of sp³-hybridized carbons (Fsp3) is 0.500. The second-order valence-corrected chi connectivity index (χ2v) is 11.1. The number of pyridine rings is 1. The van der Waals surface area contributed by atoms with Gasteiger partial charge in [-0.3, -0.25) is 9.78 Å². The Bertz CT molecular complexity index is 1030. The van der Waals surface area contributed by atoms with Crippen molar-refractivity contribution in [2.45, 2.75) is 51.9 Å². The zero-order valence-corrected chi connectivity index (χ0v) is 21.5. The third kappa shape index (κ3) is 4.95. The van der Waals surface area contributed by atoms with Gasteiger partial charge in [-0.15, -0.1) is 0 Å². The third-order valence-electron chi connectivity index (χ3n) is 7.62. The lowest BCUT2D eigenvalue weighted by Crippen LogP contribution is -2.40. The average molecular weight is 509 g/mol. The summed E-state index contributed by atoms with van der Waals surface area (Å²) in [4.78, 5) is 22.4. The van der Waals surface area contributed by atoms with Crippen molar-refractivity contribution in [3.63, 3.8) is 0 Å². The molecule has 2 aromatic rings. The minimum absolute atomic E-state index is 0.346. The molecule has 5 rings (SSSR count). The van der Waals surface area contributed by atoms with Crippen LogP contribution in [0.2, 0.25) is 0 Å². The molecule has 0 saturated carbocycles. The molecule has 0 N–H and O–H groups in total. The van der Waals surface area contributed by atoms with Crippen molar-refractivity contribution in [3.8, 4) is 0 Å². The van der Waals surface area contributed by atoms with E-state index in [0.717, 1.165) is 55.5 Å². The summed E-state index contributed by atoms with van der Waals surface area (Å²) < 4.78 is 1.04. The molecule has 174 valence electrons. The van der Waals surface area contributed by atoms with Gasteiger partial charge in [0.25, 0.3) is 0 Å². The van der Waals surface area contributed by atoms with Gasteiger partial charge >= 0.3 is 0 Å². The first-order chi connectivity index (χ1) is 16.0. The number of hydrogen-bond donors (Lipinski definition) is 0. The third-order valence-corrected chi connectivity index (χ3v) is 8.06. The number of halogens is 1. The molecule has 1 amide bonds. The minimum Gasteiger partial charge on any atom is -0.342 e.